The van der Waals surface area contributed by atoms with E-state index in [1.165, 1.54) is 5.56 Å². The van der Waals surface area contributed by atoms with Crippen LogP contribution >= 0.6 is 0 Å². The third-order valence-corrected chi connectivity index (χ3v) is 6.29. The highest BCUT2D eigenvalue weighted by Gasteiger charge is 2.58. The zero-order chi connectivity index (χ0) is 22.3. The summed E-state index contributed by atoms with van der Waals surface area (Å²) in [7, 11) is 0. The number of hydrogen-bond donors (Lipinski definition) is 4. The first-order valence-corrected chi connectivity index (χ1v) is 10.6. The monoisotopic (exact) mass is 430 g/mol. The molecule has 1 fully saturated rings. The highest BCUT2D eigenvalue weighted by atomic mass is 16.8. The van der Waals surface area contributed by atoms with E-state index in [1.54, 1.807) is 0 Å². The van der Waals surface area contributed by atoms with Crippen molar-refractivity contribution >= 4 is 0 Å². The molecule has 0 unspecified atom stereocenters. The molecule has 4 rings (SSSR count). The highest BCUT2D eigenvalue weighted by molar-refractivity contribution is 5.48. The van der Waals surface area contributed by atoms with Crippen molar-refractivity contribution in [3.8, 4) is 5.75 Å². The van der Waals surface area contributed by atoms with Crippen LogP contribution in [0.3, 0.4) is 0 Å². The van der Waals surface area contributed by atoms with E-state index in [0.29, 0.717) is 23.7 Å². The minimum Gasteiger partial charge on any atom is -0.467 e. The van der Waals surface area contributed by atoms with E-state index in [0.717, 1.165) is 16.7 Å². The van der Waals surface area contributed by atoms with Crippen molar-refractivity contribution in [2.75, 3.05) is 13.4 Å². The number of ether oxygens (including phenoxy) is 3. The number of benzene rings is 2. The molecule has 5 atom stereocenters. The Morgan fingerprint density at radius 3 is 2.42 bits per heavy atom. The van der Waals surface area contributed by atoms with Gasteiger partial charge in [-0.15, -0.1) is 0 Å². The zero-order valence-electron chi connectivity index (χ0n) is 18.0. The first-order chi connectivity index (χ1) is 14.8. The quantitative estimate of drug-likeness (QED) is 0.585. The number of rotatable bonds is 4. The molecule has 0 saturated carbocycles. The average molecular weight is 430 g/mol. The molecule has 168 valence electrons. The number of aliphatic hydroxyl groups is 4. The minimum absolute atomic E-state index is 0.194. The Bertz CT molecular complexity index is 924. The molecule has 0 radical (unpaired) electrons. The Balaban J connectivity index is 1.72. The van der Waals surface area contributed by atoms with Gasteiger partial charge in [-0.25, -0.2) is 0 Å². The zero-order valence-corrected chi connectivity index (χ0v) is 18.0. The molecule has 2 aromatic rings. The van der Waals surface area contributed by atoms with Crippen molar-refractivity contribution < 1.29 is 34.6 Å². The van der Waals surface area contributed by atoms with Crippen molar-refractivity contribution in [3.05, 3.63) is 64.2 Å². The van der Waals surface area contributed by atoms with Crippen molar-refractivity contribution in [1.82, 2.24) is 0 Å². The maximum Gasteiger partial charge on any atom is 0.231 e. The lowest BCUT2D eigenvalue weighted by atomic mass is 9.85. The van der Waals surface area contributed by atoms with E-state index in [9.17, 15) is 20.4 Å². The molecule has 1 saturated heterocycles. The largest absolute Gasteiger partial charge is 0.467 e. The summed E-state index contributed by atoms with van der Waals surface area (Å²) in [5, 5.41) is 41.0. The predicted molar refractivity (Wildman–Crippen MR) is 113 cm³/mol. The summed E-state index contributed by atoms with van der Waals surface area (Å²) in [6.45, 7) is 5.57. The van der Waals surface area contributed by atoms with Gasteiger partial charge >= 0.3 is 0 Å². The van der Waals surface area contributed by atoms with Crippen molar-refractivity contribution in [2.24, 2.45) is 0 Å². The van der Waals surface area contributed by atoms with Crippen LogP contribution in [-0.4, -0.2) is 58.2 Å². The number of aryl methyl sites for hydroxylation is 1. The fraction of sp³-hybridized carbons (Fsp3) is 0.500. The van der Waals surface area contributed by atoms with Gasteiger partial charge in [0.15, 0.2) is 6.79 Å². The van der Waals surface area contributed by atoms with Crippen molar-refractivity contribution in [2.45, 2.75) is 63.3 Å². The molecule has 31 heavy (non-hydrogen) atoms. The van der Waals surface area contributed by atoms with E-state index >= 15 is 0 Å². The summed E-state index contributed by atoms with van der Waals surface area (Å²) in [5.41, 5.74) is 4.82. The lowest BCUT2D eigenvalue weighted by Crippen LogP contribution is -2.65. The molecule has 1 spiro atoms. The average Bonchev–Trinajstić information content (AvgIpc) is 2.76. The van der Waals surface area contributed by atoms with Crippen molar-refractivity contribution in [3.63, 3.8) is 0 Å². The van der Waals surface area contributed by atoms with E-state index in [-0.39, 0.29) is 6.79 Å². The lowest BCUT2D eigenvalue weighted by Gasteiger charge is -2.49. The summed E-state index contributed by atoms with van der Waals surface area (Å²) >= 11 is 0. The summed E-state index contributed by atoms with van der Waals surface area (Å²) in [5.74, 6) is -0.814. The third kappa shape index (κ3) is 3.86. The smallest absolute Gasteiger partial charge is 0.231 e. The molecule has 2 aromatic carbocycles. The van der Waals surface area contributed by atoms with Crippen LogP contribution in [0.4, 0.5) is 0 Å². The Labute approximate surface area is 181 Å². The van der Waals surface area contributed by atoms with Crippen LogP contribution in [0.15, 0.2) is 36.4 Å². The third-order valence-electron chi connectivity index (χ3n) is 6.29. The van der Waals surface area contributed by atoms with Crippen LogP contribution in [0.1, 0.15) is 47.6 Å². The van der Waals surface area contributed by atoms with Crippen LogP contribution in [-0.2, 0) is 21.7 Å². The first-order valence-electron chi connectivity index (χ1n) is 10.6. The summed E-state index contributed by atoms with van der Waals surface area (Å²) in [4.78, 5) is 0. The van der Waals surface area contributed by atoms with Gasteiger partial charge in [0.2, 0.25) is 5.79 Å². The molecule has 0 aliphatic carbocycles. The Kier molecular flexibility index (Phi) is 6.09. The molecule has 2 aliphatic heterocycles. The second kappa shape index (κ2) is 8.50. The minimum atomic E-state index is -1.75. The Hall–Kier alpha value is -2.00. The van der Waals surface area contributed by atoms with Gasteiger partial charge in [0, 0.05) is 0 Å². The van der Waals surface area contributed by atoms with E-state index in [2.05, 4.69) is 38.1 Å². The van der Waals surface area contributed by atoms with E-state index in [4.69, 9.17) is 14.2 Å². The second-order valence-electron chi connectivity index (χ2n) is 8.69. The summed E-state index contributed by atoms with van der Waals surface area (Å²) in [6.07, 6.45) is -5.01. The fourth-order valence-corrected chi connectivity index (χ4v) is 4.29. The van der Waals surface area contributed by atoms with Crippen molar-refractivity contribution in [1.29, 1.82) is 0 Å². The SMILES string of the molecule is Cc1cc2c(cc1Cc1ccc(C(C)C)cc1)[C@]1(OCO2)O[C@H](CO)[C@@H](O)[C@H](O)[C@H]1O. The van der Waals surface area contributed by atoms with Crippen LogP contribution in [0.2, 0.25) is 0 Å². The van der Waals surface area contributed by atoms with Gasteiger partial charge in [0.1, 0.15) is 30.2 Å². The van der Waals surface area contributed by atoms with Crippen LogP contribution in [0.5, 0.6) is 5.75 Å². The van der Waals surface area contributed by atoms with E-state index in [1.807, 2.05) is 19.1 Å². The normalized spacial score (nSPS) is 30.3. The van der Waals surface area contributed by atoms with Gasteiger partial charge < -0.3 is 34.6 Å². The van der Waals surface area contributed by atoms with Gasteiger partial charge in [-0.05, 0) is 53.6 Å². The molecule has 4 N–H and O–H groups in total. The molecule has 7 heteroatoms. The predicted octanol–water partition coefficient (Wildman–Crippen LogP) is 1.70. The molecule has 0 aromatic heterocycles. The standard InChI is InChI=1S/C24H30O7/c1-13(2)16-6-4-15(5-7-16)9-17-10-18-19(8-14(17)3)29-12-30-24(18)23(28)22(27)21(26)20(11-25)31-24/h4-8,10,13,20-23,25-28H,9,11-12H2,1-3H3/t20-,21-,22+,23-,24+/m1/s1. The number of fused-ring (bicyclic) bond motifs is 2. The molecular weight excluding hydrogens is 400 g/mol. The van der Waals surface area contributed by atoms with Gasteiger partial charge in [0.25, 0.3) is 0 Å². The Morgan fingerprint density at radius 1 is 1.06 bits per heavy atom. The van der Waals surface area contributed by atoms with Crippen LogP contribution in [0.25, 0.3) is 0 Å². The fourth-order valence-electron chi connectivity index (χ4n) is 4.29. The molecule has 0 bridgehead atoms. The molecular formula is C24H30O7. The maximum atomic E-state index is 10.8. The first kappa shape index (κ1) is 22.2. The number of aliphatic hydroxyl groups excluding tert-OH is 4. The molecule has 2 aliphatic rings. The Morgan fingerprint density at radius 2 is 1.77 bits per heavy atom. The van der Waals surface area contributed by atoms with Gasteiger partial charge in [-0.3, -0.25) is 0 Å². The molecule has 7 nitrogen and oxygen atoms in total. The topological polar surface area (TPSA) is 109 Å². The lowest BCUT2D eigenvalue weighted by molar-refractivity contribution is -0.389. The van der Waals surface area contributed by atoms with Gasteiger partial charge in [0.05, 0.1) is 12.2 Å². The van der Waals surface area contributed by atoms with Crippen LogP contribution < -0.4 is 4.74 Å². The molecule has 0 amide bonds. The summed E-state index contributed by atoms with van der Waals surface area (Å²) < 4.78 is 17.2. The summed E-state index contributed by atoms with van der Waals surface area (Å²) in [6, 6.07) is 12.2. The van der Waals surface area contributed by atoms with Crippen LogP contribution in [0, 0.1) is 6.92 Å². The van der Waals surface area contributed by atoms with Gasteiger partial charge in [-0.1, -0.05) is 38.1 Å². The number of hydrogen-bond acceptors (Lipinski definition) is 7. The molecule has 2 heterocycles. The van der Waals surface area contributed by atoms with Gasteiger partial charge in [-0.2, -0.15) is 0 Å². The second-order valence-corrected chi connectivity index (χ2v) is 8.69. The highest BCUT2D eigenvalue weighted by Crippen LogP contribution is 2.46. The maximum absolute atomic E-state index is 10.8. The van der Waals surface area contributed by atoms with E-state index < -0.39 is 36.8 Å².